The van der Waals surface area contributed by atoms with Crippen molar-refractivity contribution in [3.05, 3.63) is 169 Å². The Hall–Kier alpha value is -4.65. The summed E-state index contributed by atoms with van der Waals surface area (Å²) in [4.78, 5) is 11.8. The lowest BCUT2D eigenvalue weighted by molar-refractivity contribution is 0.103. The van der Waals surface area contributed by atoms with Crippen molar-refractivity contribution in [2.45, 2.75) is 0 Å². The smallest absolute Gasteiger partial charge is 0.193 e. The molecule has 5 aromatic carbocycles. The molecule has 0 saturated carbocycles. The third-order valence-corrected chi connectivity index (χ3v) is 6.81. The largest absolute Gasteiger partial charge is 0.289 e. The fourth-order valence-electron chi connectivity index (χ4n) is 4.26. The van der Waals surface area contributed by atoms with Crippen molar-refractivity contribution in [3.8, 4) is 33.5 Å². The molecule has 3 heteroatoms. The first-order valence-corrected chi connectivity index (χ1v) is 13.4. The summed E-state index contributed by atoms with van der Waals surface area (Å²) in [6.07, 6.45) is 0. The van der Waals surface area contributed by atoms with Gasteiger partial charge >= 0.3 is 0 Å². The molecule has 0 aliphatic rings. The Morgan fingerprint density at radius 2 is 0.868 bits per heavy atom. The van der Waals surface area contributed by atoms with Crippen LogP contribution in [0.25, 0.3) is 33.5 Å². The fraction of sp³-hybridized carbons (Fsp3) is 0. The lowest BCUT2D eigenvalue weighted by Crippen LogP contribution is -1.99. The summed E-state index contributed by atoms with van der Waals surface area (Å²) in [6.45, 7) is 0. The summed E-state index contributed by atoms with van der Waals surface area (Å²) in [5.41, 5.74) is 8.56. The molecule has 0 atom stereocenters. The molecule has 1 aromatic heterocycles. The molecule has 0 spiro atoms. The summed E-state index contributed by atoms with van der Waals surface area (Å²) >= 11 is 0. The number of hydrogen-bond donors (Lipinski definition) is 0. The van der Waals surface area contributed by atoms with Crippen LogP contribution in [-0.2, 0) is 0 Å². The lowest BCUT2D eigenvalue weighted by Gasteiger charge is -2.14. The second-order valence-corrected chi connectivity index (χ2v) is 9.33. The molecule has 0 radical (unpaired) electrons. The van der Waals surface area contributed by atoms with Crippen molar-refractivity contribution < 1.29 is 4.79 Å². The van der Waals surface area contributed by atoms with Gasteiger partial charge in [0.15, 0.2) is 5.78 Å². The molecule has 2 nitrogen and oxygen atoms in total. The zero-order valence-electron chi connectivity index (χ0n) is 20.8. The molecular weight excluding hydrogens is 481 g/mol. The maximum absolute atomic E-state index is 11.8. The van der Waals surface area contributed by atoms with Gasteiger partial charge in [-0.05, 0) is 22.5 Å². The highest BCUT2D eigenvalue weighted by Gasteiger charge is 2.15. The van der Waals surface area contributed by atoms with Crippen LogP contribution in [0.5, 0.6) is 0 Å². The molecular formula is C35H26NOP. The van der Waals surface area contributed by atoms with Gasteiger partial charge in [0, 0.05) is 30.6 Å². The Bertz CT molecular complexity index is 1490. The summed E-state index contributed by atoms with van der Waals surface area (Å²) in [6, 6.07) is 50.1. The highest BCUT2D eigenvalue weighted by atomic mass is 31.0. The Morgan fingerprint density at radius 3 is 1.34 bits per heavy atom. The average molecular weight is 508 g/mol. The van der Waals surface area contributed by atoms with Crippen LogP contribution in [0.1, 0.15) is 15.9 Å². The SMILES string of the molecule is O=C(c1ccccc1)c1ccccc1.c1ccc(-c2cpnc(-c3ccccc3)c2-c2ccccc2)cc1. The third-order valence-electron chi connectivity index (χ3n) is 6.12. The number of carbonyl (C=O) groups is 1. The van der Waals surface area contributed by atoms with Crippen LogP contribution < -0.4 is 0 Å². The van der Waals surface area contributed by atoms with E-state index >= 15 is 0 Å². The molecule has 0 unspecified atom stereocenters. The van der Waals surface area contributed by atoms with Gasteiger partial charge in [-0.25, -0.2) is 4.75 Å². The Morgan fingerprint density at radius 1 is 0.474 bits per heavy atom. The summed E-state index contributed by atoms with van der Waals surface area (Å²) in [5.74, 6) is 2.27. The van der Waals surface area contributed by atoms with Crippen molar-refractivity contribution in [1.29, 1.82) is 0 Å². The highest BCUT2D eigenvalue weighted by Crippen LogP contribution is 2.40. The Labute approximate surface area is 225 Å². The first-order valence-electron chi connectivity index (χ1n) is 12.5. The number of nitrogens with zero attached hydrogens (tertiary/aromatic N) is 1. The van der Waals surface area contributed by atoms with Crippen LogP contribution in [0.2, 0.25) is 0 Å². The van der Waals surface area contributed by atoms with E-state index in [1.54, 1.807) is 0 Å². The van der Waals surface area contributed by atoms with Gasteiger partial charge in [0.25, 0.3) is 0 Å². The Balaban J connectivity index is 0.000000179. The van der Waals surface area contributed by atoms with E-state index in [1.165, 1.54) is 22.3 Å². The second-order valence-electron chi connectivity index (χ2n) is 8.64. The minimum atomic E-state index is 0.0752. The van der Waals surface area contributed by atoms with E-state index in [9.17, 15) is 4.79 Å². The quantitative estimate of drug-likeness (QED) is 0.217. The zero-order valence-corrected chi connectivity index (χ0v) is 21.7. The molecule has 1 heterocycles. The molecule has 0 aliphatic carbocycles. The number of benzene rings is 5. The van der Waals surface area contributed by atoms with Crippen LogP contribution in [0, 0.1) is 0 Å². The molecule has 0 fully saturated rings. The van der Waals surface area contributed by atoms with Crippen LogP contribution in [0.3, 0.4) is 0 Å². The van der Waals surface area contributed by atoms with E-state index in [0.717, 1.165) is 30.7 Å². The maximum atomic E-state index is 11.8. The fourth-order valence-corrected chi connectivity index (χ4v) is 5.05. The summed E-state index contributed by atoms with van der Waals surface area (Å²) in [5, 5.41) is 0. The minimum absolute atomic E-state index is 0.0752. The number of hydrogen-bond acceptors (Lipinski definition) is 2. The second kappa shape index (κ2) is 12.5. The molecule has 0 N–H and O–H groups in total. The molecule has 182 valence electrons. The summed E-state index contributed by atoms with van der Waals surface area (Å²) < 4.78 is 4.81. The summed E-state index contributed by atoms with van der Waals surface area (Å²) in [7, 11) is 0.977. The zero-order chi connectivity index (χ0) is 26.0. The van der Waals surface area contributed by atoms with Crippen molar-refractivity contribution in [3.63, 3.8) is 0 Å². The molecule has 0 amide bonds. The van der Waals surface area contributed by atoms with Crippen molar-refractivity contribution in [1.82, 2.24) is 4.75 Å². The van der Waals surface area contributed by atoms with Crippen LogP contribution >= 0.6 is 8.35 Å². The van der Waals surface area contributed by atoms with Crippen molar-refractivity contribution in [2.75, 3.05) is 0 Å². The molecule has 6 aromatic rings. The standard InChI is InChI=1S/C22H16NP.C13H10O/c1-4-10-17(11-5-1)20-16-24-23-22(19-14-8-3-9-15-19)21(20)18-12-6-2-7-13-18;14-13(11-7-3-1-4-8-11)12-9-5-2-6-10-12/h1-16H;1-10H. The van der Waals surface area contributed by atoms with Crippen LogP contribution in [-0.4, -0.2) is 10.5 Å². The normalized spacial score (nSPS) is 10.4. The molecule has 0 bridgehead atoms. The Kier molecular flexibility index (Phi) is 8.26. The van der Waals surface area contributed by atoms with Crippen LogP contribution in [0.4, 0.5) is 0 Å². The topological polar surface area (TPSA) is 30.0 Å². The van der Waals surface area contributed by atoms with E-state index in [-0.39, 0.29) is 5.78 Å². The number of carbonyl (C=O) groups excluding carboxylic acids is 1. The van der Waals surface area contributed by atoms with Gasteiger partial charge in [-0.2, -0.15) is 0 Å². The minimum Gasteiger partial charge on any atom is -0.289 e. The van der Waals surface area contributed by atoms with Gasteiger partial charge in [-0.1, -0.05) is 152 Å². The van der Waals surface area contributed by atoms with Gasteiger partial charge in [0.2, 0.25) is 0 Å². The van der Waals surface area contributed by atoms with E-state index in [1.807, 2.05) is 66.7 Å². The predicted octanol–water partition coefficient (Wildman–Crippen LogP) is 9.58. The molecule has 0 aliphatic heterocycles. The number of ketones is 1. The van der Waals surface area contributed by atoms with Gasteiger partial charge in [-0.15, -0.1) is 0 Å². The van der Waals surface area contributed by atoms with Crippen molar-refractivity contribution in [2.24, 2.45) is 0 Å². The first kappa shape index (κ1) is 25.0. The average Bonchev–Trinajstić information content (AvgIpc) is 3.03. The third kappa shape index (κ3) is 6.00. The molecule has 38 heavy (non-hydrogen) atoms. The van der Waals surface area contributed by atoms with E-state index < -0.39 is 0 Å². The number of aromatic nitrogens is 1. The maximum Gasteiger partial charge on any atom is 0.193 e. The van der Waals surface area contributed by atoms with Gasteiger partial charge in [-0.3, -0.25) is 4.79 Å². The van der Waals surface area contributed by atoms with Crippen LogP contribution in [0.15, 0.2) is 157 Å². The van der Waals surface area contributed by atoms with E-state index in [0.29, 0.717) is 0 Å². The highest BCUT2D eigenvalue weighted by molar-refractivity contribution is 7.24. The predicted molar refractivity (Wildman–Crippen MR) is 159 cm³/mol. The molecule has 6 rings (SSSR count). The lowest BCUT2D eigenvalue weighted by atomic mass is 9.93. The monoisotopic (exact) mass is 507 g/mol. The van der Waals surface area contributed by atoms with E-state index in [4.69, 9.17) is 4.75 Å². The number of rotatable bonds is 5. The van der Waals surface area contributed by atoms with Gasteiger partial charge in [0.1, 0.15) is 0 Å². The molecule has 0 saturated heterocycles. The van der Waals surface area contributed by atoms with Gasteiger partial charge < -0.3 is 0 Å². The van der Waals surface area contributed by atoms with E-state index in [2.05, 4.69) is 90.7 Å². The van der Waals surface area contributed by atoms with Crippen molar-refractivity contribution >= 4 is 14.1 Å². The first-order chi connectivity index (χ1) is 18.8. The van der Waals surface area contributed by atoms with Gasteiger partial charge in [0.05, 0.1) is 5.69 Å².